The number of pyridine rings is 1. The number of para-hydroxylation sites is 1. The lowest BCUT2D eigenvalue weighted by molar-refractivity contribution is -0.122. The Kier molecular flexibility index (Phi) is 3.67. The predicted octanol–water partition coefficient (Wildman–Crippen LogP) is 3.52. The molecule has 1 amide bonds. The van der Waals surface area contributed by atoms with Crippen LogP contribution in [0.4, 0.5) is 10.8 Å². The van der Waals surface area contributed by atoms with Crippen molar-refractivity contribution in [3.05, 3.63) is 48.1 Å². The second-order valence-electron chi connectivity index (χ2n) is 5.72. The highest BCUT2D eigenvalue weighted by Crippen LogP contribution is 2.33. The summed E-state index contributed by atoms with van der Waals surface area (Å²) in [7, 11) is 0. The molecule has 1 aromatic carbocycles. The molecule has 4 rings (SSSR count). The minimum absolute atomic E-state index is 0.0549. The predicted molar refractivity (Wildman–Crippen MR) is 92.6 cm³/mol. The van der Waals surface area contributed by atoms with E-state index in [1.165, 1.54) is 11.3 Å². The van der Waals surface area contributed by atoms with Crippen molar-refractivity contribution in [2.75, 3.05) is 10.6 Å². The maximum Gasteiger partial charge on any atom is 0.229 e. The Balaban J connectivity index is 1.38. The molecule has 0 saturated heterocycles. The molecule has 0 aliphatic heterocycles. The van der Waals surface area contributed by atoms with Crippen LogP contribution < -0.4 is 10.6 Å². The molecule has 1 aliphatic rings. The molecule has 0 radical (unpaired) electrons. The second-order valence-corrected chi connectivity index (χ2v) is 6.61. The minimum Gasteiger partial charge on any atom is -0.381 e. The first-order valence-corrected chi connectivity index (χ1v) is 8.48. The summed E-state index contributed by atoms with van der Waals surface area (Å²) in [5.41, 5.74) is 2.01. The zero-order chi connectivity index (χ0) is 15.6. The molecular weight excluding hydrogens is 308 g/mol. The number of fused-ring (bicyclic) bond motifs is 1. The normalized spacial score (nSPS) is 20.0. The van der Waals surface area contributed by atoms with Crippen LogP contribution in [-0.2, 0) is 4.79 Å². The standard InChI is InChI=1S/C17H16N4OS/c22-16(21-17-19-7-8-23-17)12-9-13(10-12)20-14-5-1-3-11-4-2-6-18-15(11)14/h1-8,12-13,20H,9-10H2,(H,19,21,22). The maximum absolute atomic E-state index is 12.1. The molecule has 5 nitrogen and oxygen atoms in total. The molecule has 6 heteroatoms. The summed E-state index contributed by atoms with van der Waals surface area (Å²) in [4.78, 5) is 20.6. The topological polar surface area (TPSA) is 66.9 Å². The van der Waals surface area contributed by atoms with E-state index in [-0.39, 0.29) is 11.8 Å². The van der Waals surface area contributed by atoms with E-state index < -0.39 is 0 Å². The fourth-order valence-electron chi connectivity index (χ4n) is 2.88. The third-order valence-corrected chi connectivity index (χ3v) is 4.85. The van der Waals surface area contributed by atoms with Crippen LogP contribution in [0.15, 0.2) is 48.1 Å². The Morgan fingerprint density at radius 2 is 2.00 bits per heavy atom. The third kappa shape index (κ3) is 2.90. The van der Waals surface area contributed by atoms with E-state index in [0.29, 0.717) is 11.2 Å². The van der Waals surface area contributed by atoms with Gasteiger partial charge in [-0.1, -0.05) is 18.2 Å². The van der Waals surface area contributed by atoms with Gasteiger partial charge in [-0.3, -0.25) is 9.78 Å². The van der Waals surface area contributed by atoms with Crippen molar-refractivity contribution < 1.29 is 4.79 Å². The second kappa shape index (κ2) is 5.96. The van der Waals surface area contributed by atoms with E-state index in [4.69, 9.17) is 0 Å². The first kappa shape index (κ1) is 14.1. The molecule has 0 bridgehead atoms. The number of thiazole rings is 1. The van der Waals surface area contributed by atoms with Gasteiger partial charge in [-0.25, -0.2) is 4.98 Å². The van der Waals surface area contributed by atoms with Gasteiger partial charge in [0.15, 0.2) is 5.13 Å². The van der Waals surface area contributed by atoms with Crippen LogP contribution in [0.1, 0.15) is 12.8 Å². The zero-order valence-electron chi connectivity index (χ0n) is 12.4. The third-order valence-electron chi connectivity index (χ3n) is 4.16. The minimum atomic E-state index is 0.0549. The highest BCUT2D eigenvalue weighted by atomic mass is 32.1. The van der Waals surface area contributed by atoms with Gasteiger partial charge in [0.25, 0.3) is 0 Å². The molecule has 3 aromatic rings. The number of nitrogens with zero attached hydrogens (tertiary/aromatic N) is 2. The molecule has 2 N–H and O–H groups in total. The number of carbonyl (C=O) groups excluding carboxylic acids is 1. The zero-order valence-corrected chi connectivity index (χ0v) is 13.2. The van der Waals surface area contributed by atoms with Crippen LogP contribution in [-0.4, -0.2) is 21.9 Å². The molecule has 2 heterocycles. The van der Waals surface area contributed by atoms with Crippen molar-refractivity contribution in [2.24, 2.45) is 5.92 Å². The Morgan fingerprint density at radius 3 is 2.83 bits per heavy atom. The maximum atomic E-state index is 12.1. The van der Waals surface area contributed by atoms with Crippen LogP contribution >= 0.6 is 11.3 Å². The van der Waals surface area contributed by atoms with Gasteiger partial charge in [-0.15, -0.1) is 11.3 Å². The lowest BCUT2D eigenvalue weighted by Crippen LogP contribution is -2.41. The van der Waals surface area contributed by atoms with E-state index in [2.05, 4.69) is 32.7 Å². The summed E-state index contributed by atoms with van der Waals surface area (Å²) in [6, 6.07) is 10.4. The van der Waals surface area contributed by atoms with Gasteiger partial charge in [-0.2, -0.15) is 0 Å². The van der Waals surface area contributed by atoms with Crippen LogP contribution in [0.3, 0.4) is 0 Å². The smallest absolute Gasteiger partial charge is 0.229 e. The van der Waals surface area contributed by atoms with Gasteiger partial charge in [-0.05, 0) is 25.0 Å². The summed E-state index contributed by atoms with van der Waals surface area (Å²) in [5.74, 6) is 0.119. The summed E-state index contributed by atoms with van der Waals surface area (Å²) < 4.78 is 0. The summed E-state index contributed by atoms with van der Waals surface area (Å²) in [6.45, 7) is 0. The average Bonchev–Trinajstić information content (AvgIpc) is 3.03. The van der Waals surface area contributed by atoms with Gasteiger partial charge < -0.3 is 10.6 Å². The van der Waals surface area contributed by atoms with E-state index in [0.717, 1.165) is 29.4 Å². The molecule has 2 aromatic heterocycles. The van der Waals surface area contributed by atoms with E-state index in [1.807, 2.05) is 23.6 Å². The first-order valence-electron chi connectivity index (χ1n) is 7.60. The Morgan fingerprint density at radius 1 is 1.13 bits per heavy atom. The Bertz CT molecular complexity index is 822. The molecule has 0 atom stereocenters. The number of amides is 1. The van der Waals surface area contributed by atoms with Gasteiger partial charge in [0.2, 0.25) is 5.91 Å². The average molecular weight is 324 g/mol. The molecule has 0 spiro atoms. The van der Waals surface area contributed by atoms with Crippen molar-refractivity contribution in [1.82, 2.24) is 9.97 Å². The lowest BCUT2D eigenvalue weighted by Gasteiger charge is -2.35. The number of nitrogens with one attached hydrogen (secondary N) is 2. The van der Waals surface area contributed by atoms with Crippen molar-refractivity contribution in [1.29, 1.82) is 0 Å². The van der Waals surface area contributed by atoms with Gasteiger partial charge in [0.05, 0.1) is 11.2 Å². The highest BCUT2D eigenvalue weighted by Gasteiger charge is 2.34. The molecule has 0 unspecified atom stereocenters. The number of rotatable bonds is 4. The molecule has 1 aliphatic carbocycles. The molecule has 1 fully saturated rings. The van der Waals surface area contributed by atoms with Crippen molar-refractivity contribution in [2.45, 2.75) is 18.9 Å². The molecule has 23 heavy (non-hydrogen) atoms. The summed E-state index contributed by atoms with van der Waals surface area (Å²) >= 11 is 1.44. The molecular formula is C17H16N4OS. The monoisotopic (exact) mass is 324 g/mol. The van der Waals surface area contributed by atoms with Gasteiger partial charge >= 0.3 is 0 Å². The molecule has 1 saturated carbocycles. The SMILES string of the molecule is O=C(Nc1nccs1)C1CC(Nc2cccc3cccnc23)C1. The number of aromatic nitrogens is 2. The summed E-state index contributed by atoms with van der Waals surface area (Å²) in [5, 5.41) is 10.0. The number of carbonyl (C=O) groups is 1. The number of hydrogen-bond acceptors (Lipinski definition) is 5. The van der Waals surface area contributed by atoms with Crippen molar-refractivity contribution in [3.8, 4) is 0 Å². The van der Waals surface area contributed by atoms with Crippen LogP contribution in [0.5, 0.6) is 0 Å². The van der Waals surface area contributed by atoms with Gasteiger partial charge in [0, 0.05) is 35.1 Å². The van der Waals surface area contributed by atoms with Crippen LogP contribution in [0.2, 0.25) is 0 Å². The molecule has 116 valence electrons. The van der Waals surface area contributed by atoms with Crippen molar-refractivity contribution in [3.63, 3.8) is 0 Å². The number of hydrogen-bond donors (Lipinski definition) is 2. The highest BCUT2D eigenvalue weighted by molar-refractivity contribution is 7.13. The largest absolute Gasteiger partial charge is 0.381 e. The van der Waals surface area contributed by atoms with E-state index in [9.17, 15) is 4.79 Å². The lowest BCUT2D eigenvalue weighted by atomic mass is 9.79. The fourth-order valence-corrected chi connectivity index (χ4v) is 3.41. The Hall–Kier alpha value is -2.47. The van der Waals surface area contributed by atoms with Crippen LogP contribution in [0.25, 0.3) is 10.9 Å². The first-order chi connectivity index (χ1) is 11.3. The number of anilines is 2. The van der Waals surface area contributed by atoms with Crippen LogP contribution in [0, 0.1) is 5.92 Å². The van der Waals surface area contributed by atoms with Gasteiger partial charge in [0.1, 0.15) is 0 Å². The fraction of sp³-hybridized carbons (Fsp3) is 0.235. The van der Waals surface area contributed by atoms with E-state index >= 15 is 0 Å². The Labute approximate surface area is 137 Å². The number of benzene rings is 1. The summed E-state index contributed by atoms with van der Waals surface area (Å²) in [6.07, 6.45) is 5.17. The van der Waals surface area contributed by atoms with E-state index in [1.54, 1.807) is 12.4 Å². The quantitative estimate of drug-likeness (QED) is 0.770. The van der Waals surface area contributed by atoms with Crippen molar-refractivity contribution >= 4 is 39.0 Å².